The maximum absolute atomic E-state index is 13.1. The fraction of sp³-hybridized carbons (Fsp3) is 0.273. The number of phenolic OH excluding ortho intramolecular Hbond substituents is 2. The fourth-order valence-electron chi connectivity index (χ4n) is 3.94. The highest BCUT2D eigenvalue weighted by atomic mass is 16.4. The Kier molecular flexibility index (Phi) is 4.98. The number of aromatic hydroxyl groups is 2. The number of hydrogen-bond donors (Lipinski definition) is 3. The third-order valence-corrected chi connectivity index (χ3v) is 5.54. The summed E-state index contributed by atoms with van der Waals surface area (Å²) in [5.74, 6) is -0.898. The largest absolute Gasteiger partial charge is 0.504 e. The van der Waals surface area contributed by atoms with E-state index in [2.05, 4.69) is 12.1 Å². The third-order valence-electron chi connectivity index (χ3n) is 5.54. The monoisotopic (exact) mass is 394 g/mol. The Morgan fingerprint density at radius 1 is 1.14 bits per heavy atom. The van der Waals surface area contributed by atoms with Crippen molar-refractivity contribution in [2.45, 2.75) is 25.3 Å². The molecule has 0 bridgehead atoms. The number of carbonyl (C=O) groups excluding carboxylic acids is 1. The van der Waals surface area contributed by atoms with Crippen LogP contribution in [-0.2, 0) is 6.54 Å². The van der Waals surface area contributed by atoms with E-state index in [4.69, 9.17) is 10.2 Å². The number of piperidine rings is 1. The molecule has 0 atom stereocenters. The summed E-state index contributed by atoms with van der Waals surface area (Å²) >= 11 is 0. The Morgan fingerprint density at radius 2 is 1.90 bits per heavy atom. The minimum absolute atomic E-state index is 0.162. The first-order chi connectivity index (χ1) is 14.0. The molecule has 0 aliphatic carbocycles. The summed E-state index contributed by atoms with van der Waals surface area (Å²) < 4.78 is 5.00. The molecule has 0 radical (unpaired) electrons. The Hall–Kier alpha value is -3.32. The van der Waals surface area contributed by atoms with Crippen LogP contribution in [0.3, 0.4) is 0 Å². The van der Waals surface area contributed by atoms with Crippen molar-refractivity contribution in [2.75, 3.05) is 13.1 Å². The van der Waals surface area contributed by atoms with Crippen molar-refractivity contribution in [3.8, 4) is 11.5 Å². The van der Waals surface area contributed by atoms with Gasteiger partial charge in [0.25, 0.3) is 5.91 Å². The van der Waals surface area contributed by atoms with Gasteiger partial charge >= 0.3 is 5.63 Å². The molecule has 2 heterocycles. The van der Waals surface area contributed by atoms with E-state index >= 15 is 0 Å². The fourth-order valence-corrected chi connectivity index (χ4v) is 3.94. The highest BCUT2D eigenvalue weighted by molar-refractivity contribution is 6.07. The van der Waals surface area contributed by atoms with E-state index < -0.39 is 17.1 Å². The van der Waals surface area contributed by atoms with Gasteiger partial charge < -0.3 is 25.3 Å². The highest BCUT2D eigenvalue weighted by Gasteiger charge is 2.27. The molecule has 150 valence electrons. The summed E-state index contributed by atoms with van der Waals surface area (Å²) in [6.45, 7) is 1.61. The molecule has 1 aromatic heterocycles. The molecule has 2 aromatic carbocycles. The number of nitrogens with two attached hydrogens (primary N) is 1. The number of hydrogen-bond acceptors (Lipinski definition) is 6. The number of likely N-dealkylation sites (tertiary alicyclic amines) is 1. The number of fused-ring (bicyclic) bond motifs is 1. The zero-order valence-electron chi connectivity index (χ0n) is 15.8. The minimum Gasteiger partial charge on any atom is -0.504 e. The number of phenols is 2. The van der Waals surface area contributed by atoms with Crippen LogP contribution in [0.1, 0.15) is 40.2 Å². The summed E-state index contributed by atoms with van der Waals surface area (Å²) in [7, 11) is 0. The maximum Gasteiger partial charge on any atom is 0.337 e. The quantitative estimate of drug-likeness (QED) is 0.464. The number of nitrogens with zero attached hydrogens (tertiary/aromatic N) is 1. The number of amides is 1. The van der Waals surface area contributed by atoms with E-state index in [1.54, 1.807) is 4.90 Å². The molecule has 7 nitrogen and oxygen atoms in total. The van der Waals surface area contributed by atoms with Crippen LogP contribution < -0.4 is 11.4 Å². The maximum atomic E-state index is 13.1. The number of carbonyl (C=O) groups is 1. The van der Waals surface area contributed by atoms with Gasteiger partial charge in [-0.2, -0.15) is 0 Å². The SMILES string of the molecule is NCc1cccc(C2CCN(C(=O)c3cc(=O)oc4c(O)c(O)ccc34)CC2)c1. The van der Waals surface area contributed by atoms with Crippen LogP contribution in [0.2, 0.25) is 0 Å². The standard InChI is InChI=1S/C22H22N2O5/c23-12-13-2-1-3-15(10-13)14-6-8-24(9-7-14)22(28)17-11-19(26)29-21-16(17)4-5-18(25)20(21)27/h1-5,10-11,14,25,27H,6-9,12,23H2. The summed E-state index contributed by atoms with van der Waals surface area (Å²) in [6, 6.07) is 12.1. The van der Waals surface area contributed by atoms with Crippen molar-refractivity contribution < 1.29 is 19.4 Å². The van der Waals surface area contributed by atoms with E-state index in [0.717, 1.165) is 24.5 Å². The molecule has 1 amide bonds. The average molecular weight is 394 g/mol. The zero-order valence-corrected chi connectivity index (χ0v) is 15.8. The second kappa shape index (κ2) is 7.60. The van der Waals surface area contributed by atoms with Crippen molar-refractivity contribution in [3.63, 3.8) is 0 Å². The van der Waals surface area contributed by atoms with Crippen LogP contribution >= 0.6 is 0 Å². The molecule has 0 saturated carbocycles. The lowest BCUT2D eigenvalue weighted by Gasteiger charge is -2.32. The molecule has 7 heteroatoms. The van der Waals surface area contributed by atoms with Crippen molar-refractivity contribution in [2.24, 2.45) is 5.73 Å². The van der Waals surface area contributed by atoms with Crippen LogP contribution in [0.5, 0.6) is 11.5 Å². The highest BCUT2D eigenvalue weighted by Crippen LogP contribution is 2.35. The van der Waals surface area contributed by atoms with E-state index in [9.17, 15) is 19.8 Å². The van der Waals surface area contributed by atoms with Crippen molar-refractivity contribution in [1.82, 2.24) is 4.90 Å². The zero-order chi connectivity index (χ0) is 20.5. The van der Waals surface area contributed by atoms with Gasteiger partial charge in [0.1, 0.15) is 0 Å². The number of rotatable bonds is 3. The molecule has 0 spiro atoms. The van der Waals surface area contributed by atoms with Gasteiger partial charge in [0, 0.05) is 31.1 Å². The van der Waals surface area contributed by atoms with E-state index in [-0.39, 0.29) is 17.1 Å². The second-order valence-electron chi connectivity index (χ2n) is 7.30. The van der Waals surface area contributed by atoms with Gasteiger partial charge in [-0.1, -0.05) is 24.3 Å². The van der Waals surface area contributed by atoms with E-state index in [1.807, 2.05) is 12.1 Å². The van der Waals surface area contributed by atoms with Gasteiger partial charge in [-0.05, 0) is 42.0 Å². The molecule has 4 N–H and O–H groups in total. The summed E-state index contributed by atoms with van der Waals surface area (Å²) in [4.78, 5) is 26.7. The summed E-state index contributed by atoms with van der Waals surface area (Å²) in [5, 5.41) is 19.9. The Bertz CT molecular complexity index is 1130. The predicted molar refractivity (Wildman–Crippen MR) is 108 cm³/mol. The Labute approximate surface area is 167 Å². The first-order valence-electron chi connectivity index (χ1n) is 9.55. The van der Waals surface area contributed by atoms with Crippen LogP contribution in [-0.4, -0.2) is 34.1 Å². The summed E-state index contributed by atoms with van der Waals surface area (Å²) in [5.41, 5.74) is 7.27. The van der Waals surface area contributed by atoms with Crippen LogP contribution in [0.15, 0.2) is 51.7 Å². The second-order valence-corrected chi connectivity index (χ2v) is 7.30. The van der Waals surface area contributed by atoms with Crippen LogP contribution in [0.25, 0.3) is 11.0 Å². The first kappa shape index (κ1) is 19.0. The molecular weight excluding hydrogens is 372 g/mol. The topological polar surface area (TPSA) is 117 Å². The van der Waals surface area contributed by atoms with Crippen molar-refractivity contribution in [3.05, 3.63) is 69.6 Å². The van der Waals surface area contributed by atoms with Gasteiger partial charge in [0.05, 0.1) is 5.56 Å². The van der Waals surface area contributed by atoms with Crippen LogP contribution in [0.4, 0.5) is 0 Å². The molecule has 1 fully saturated rings. The van der Waals surface area contributed by atoms with Gasteiger partial charge in [0.2, 0.25) is 5.75 Å². The normalized spacial score (nSPS) is 15.0. The van der Waals surface area contributed by atoms with Crippen molar-refractivity contribution in [1.29, 1.82) is 0 Å². The molecule has 1 aliphatic heterocycles. The van der Waals surface area contributed by atoms with Gasteiger partial charge in [0.15, 0.2) is 11.3 Å². The van der Waals surface area contributed by atoms with E-state index in [0.29, 0.717) is 30.9 Å². The lowest BCUT2D eigenvalue weighted by Crippen LogP contribution is -2.38. The Balaban J connectivity index is 1.57. The predicted octanol–water partition coefficient (Wildman–Crippen LogP) is 2.68. The molecule has 0 unspecified atom stereocenters. The summed E-state index contributed by atoms with van der Waals surface area (Å²) in [6.07, 6.45) is 1.62. The molecule has 3 aromatic rings. The molecule has 29 heavy (non-hydrogen) atoms. The Morgan fingerprint density at radius 3 is 2.62 bits per heavy atom. The lowest BCUT2D eigenvalue weighted by atomic mass is 9.88. The average Bonchev–Trinajstić information content (AvgIpc) is 2.76. The van der Waals surface area contributed by atoms with Crippen LogP contribution in [0, 0.1) is 0 Å². The molecular formula is C22H22N2O5. The van der Waals surface area contributed by atoms with E-state index in [1.165, 1.54) is 17.7 Å². The van der Waals surface area contributed by atoms with Gasteiger partial charge in [-0.3, -0.25) is 4.79 Å². The van der Waals surface area contributed by atoms with Gasteiger partial charge in [-0.25, -0.2) is 4.79 Å². The minimum atomic E-state index is -0.754. The van der Waals surface area contributed by atoms with Gasteiger partial charge in [-0.15, -0.1) is 0 Å². The molecule has 4 rings (SSSR count). The molecule has 1 saturated heterocycles. The number of benzene rings is 2. The molecule has 1 aliphatic rings. The van der Waals surface area contributed by atoms with Crippen molar-refractivity contribution >= 4 is 16.9 Å². The third kappa shape index (κ3) is 3.56. The lowest BCUT2D eigenvalue weighted by molar-refractivity contribution is 0.0714. The smallest absolute Gasteiger partial charge is 0.337 e. The first-order valence-corrected chi connectivity index (χ1v) is 9.55.